The van der Waals surface area contributed by atoms with Gasteiger partial charge < -0.3 is 14.8 Å². The van der Waals surface area contributed by atoms with Gasteiger partial charge in [-0.25, -0.2) is 4.79 Å². The minimum Gasteiger partial charge on any atom is -0.495 e. The molecule has 1 aromatic carbocycles. The first-order valence-electron chi connectivity index (χ1n) is 9.17. The number of hydrogen-bond acceptors (Lipinski definition) is 6. The number of carbonyl (C=O) groups excluding carboxylic acids is 3. The Hall–Kier alpha value is -3.20. The number of hydrogen-bond donors (Lipinski definition) is 1. The monoisotopic (exact) mass is 430 g/mol. The molecule has 2 aliphatic heterocycles. The van der Waals surface area contributed by atoms with Gasteiger partial charge in [0.25, 0.3) is 11.8 Å². The predicted molar refractivity (Wildman–Crippen MR) is 110 cm³/mol. The minimum absolute atomic E-state index is 0.00800. The summed E-state index contributed by atoms with van der Waals surface area (Å²) in [5.41, 5.74) is 0.687. The Morgan fingerprint density at radius 3 is 2.40 bits per heavy atom. The standard InChI is InChI=1S/C21H22N2O6S/c1-5-9-14(28-3)17-12(2)16(21(26)29-4)23-19(25)15(20(23)30(17)27)22-18(24)13-10-7-6-8-11-13/h5-11,15,20H,1-4H3,(H,22,24)/b9-5+,17-14-/t15-,20-,30?/m1/s1. The number of ether oxygens (including phenoxy) is 2. The fourth-order valence-corrected chi connectivity index (χ4v) is 5.27. The van der Waals surface area contributed by atoms with E-state index in [-0.39, 0.29) is 10.6 Å². The first-order chi connectivity index (χ1) is 14.4. The number of rotatable bonds is 5. The van der Waals surface area contributed by atoms with Gasteiger partial charge in [-0.2, -0.15) is 0 Å². The first kappa shape index (κ1) is 21.5. The Bertz CT molecular complexity index is 1010. The van der Waals surface area contributed by atoms with E-state index in [1.807, 2.05) is 0 Å². The number of allylic oxidation sites excluding steroid dienone is 3. The number of benzene rings is 1. The van der Waals surface area contributed by atoms with E-state index in [2.05, 4.69) is 5.32 Å². The maximum absolute atomic E-state index is 13.4. The maximum Gasteiger partial charge on any atom is 0.355 e. The quantitative estimate of drug-likeness (QED) is 0.433. The second kappa shape index (κ2) is 8.66. The third kappa shape index (κ3) is 3.45. The second-order valence-corrected chi connectivity index (χ2v) is 8.06. The second-order valence-electron chi connectivity index (χ2n) is 6.58. The van der Waals surface area contributed by atoms with Crippen molar-refractivity contribution in [1.29, 1.82) is 0 Å². The van der Waals surface area contributed by atoms with E-state index in [0.29, 0.717) is 16.9 Å². The third-order valence-electron chi connectivity index (χ3n) is 4.86. The fraction of sp³-hybridized carbons (Fsp3) is 0.286. The SMILES string of the molecule is C/C=C/C(OC)=C1\C(C)=C(C(=O)OC)N2C(=O)[C@@H](NC(=O)c3ccccc3)[C@H]2S1=O. The van der Waals surface area contributed by atoms with Crippen LogP contribution in [0, 0.1) is 0 Å². The molecule has 0 saturated carbocycles. The van der Waals surface area contributed by atoms with Crippen LogP contribution in [0.2, 0.25) is 0 Å². The highest BCUT2D eigenvalue weighted by Crippen LogP contribution is 2.41. The van der Waals surface area contributed by atoms with Crippen molar-refractivity contribution in [2.45, 2.75) is 25.3 Å². The van der Waals surface area contributed by atoms with Crippen LogP contribution in [0.3, 0.4) is 0 Å². The summed E-state index contributed by atoms with van der Waals surface area (Å²) in [5.74, 6) is -1.42. The number of nitrogens with zero attached hydrogens (tertiary/aromatic N) is 1. The van der Waals surface area contributed by atoms with Gasteiger partial charge in [-0.3, -0.25) is 18.7 Å². The summed E-state index contributed by atoms with van der Waals surface area (Å²) in [6.45, 7) is 3.36. The molecule has 1 saturated heterocycles. The van der Waals surface area contributed by atoms with Crippen LogP contribution in [-0.4, -0.2) is 52.5 Å². The van der Waals surface area contributed by atoms with Gasteiger partial charge in [-0.1, -0.05) is 24.3 Å². The molecule has 0 aliphatic carbocycles. The summed E-state index contributed by atoms with van der Waals surface area (Å²) >= 11 is 0. The summed E-state index contributed by atoms with van der Waals surface area (Å²) < 4.78 is 23.6. The Morgan fingerprint density at radius 1 is 1.17 bits per heavy atom. The van der Waals surface area contributed by atoms with Crippen molar-refractivity contribution in [2.24, 2.45) is 0 Å². The summed E-state index contributed by atoms with van der Waals surface area (Å²) in [6.07, 6.45) is 3.33. The molecule has 1 fully saturated rings. The lowest BCUT2D eigenvalue weighted by molar-refractivity contribution is -0.150. The highest BCUT2D eigenvalue weighted by atomic mass is 32.2. The molecule has 2 aliphatic rings. The zero-order chi connectivity index (χ0) is 22.0. The van der Waals surface area contributed by atoms with E-state index < -0.39 is 40.0 Å². The molecule has 0 spiro atoms. The third-order valence-corrected chi connectivity index (χ3v) is 6.69. The van der Waals surface area contributed by atoms with Crippen LogP contribution >= 0.6 is 0 Å². The molecular formula is C21H22N2O6S. The Labute approximate surface area is 176 Å². The average molecular weight is 430 g/mol. The van der Waals surface area contributed by atoms with Gasteiger partial charge in [0.1, 0.15) is 22.9 Å². The molecule has 158 valence electrons. The lowest BCUT2D eigenvalue weighted by Crippen LogP contribution is -2.73. The van der Waals surface area contributed by atoms with Gasteiger partial charge in [0.05, 0.1) is 29.9 Å². The van der Waals surface area contributed by atoms with Crippen molar-refractivity contribution in [2.75, 3.05) is 14.2 Å². The Balaban J connectivity index is 2.05. The lowest BCUT2D eigenvalue weighted by Gasteiger charge is -2.49. The van der Waals surface area contributed by atoms with Crippen molar-refractivity contribution < 1.29 is 28.1 Å². The predicted octanol–water partition coefficient (Wildman–Crippen LogP) is 1.60. The molecule has 1 aromatic rings. The lowest BCUT2D eigenvalue weighted by atomic mass is 10.0. The molecule has 3 atom stereocenters. The van der Waals surface area contributed by atoms with Crippen molar-refractivity contribution in [3.63, 3.8) is 0 Å². The van der Waals surface area contributed by atoms with Gasteiger partial charge in [-0.05, 0) is 32.1 Å². The summed E-state index contributed by atoms with van der Waals surface area (Å²) in [4.78, 5) is 39.2. The fourth-order valence-electron chi connectivity index (χ4n) is 3.45. The van der Waals surface area contributed by atoms with E-state index in [1.54, 1.807) is 56.3 Å². The van der Waals surface area contributed by atoms with Crippen LogP contribution in [0.25, 0.3) is 0 Å². The van der Waals surface area contributed by atoms with Crippen molar-refractivity contribution in [3.05, 3.63) is 70.0 Å². The molecule has 30 heavy (non-hydrogen) atoms. The molecule has 0 bridgehead atoms. The van der Waals surface area contributed by atoms with Crippen molar-refractivity contribution in [3.8, 4) is 0 Å². The van der Waals surface area contributed by atoms with Crippen LogP contribution in [0.1, 0.15) is 24.2 Å². The molecule has 1 unspecified atom stereocenters. The number of amides is 2. The van der Waals surface area contributed by atoms with Crippen molar-refractivity contribution >= 4 is 28.6 Å². The van der Waals surface area contributed by atoms with E-state index in [4.69, 9.17) is 9.47 Å². The highest BCUT2D eigenvalue weighted by molar-refractivity contribution is 7.90. The molecular weight excluding hydrogens is 408 g/mol. The van der Waals surface area contributed by atoms with Gasteiger partial charge in [0, 0.05) is 11.1 Å². The van der Waals surface area contributed by atoms with Gasteiger partial charge in [0.2, 0.25) is 0 Å². The molecule has 3 rings (SSSR count). The summed E-state index contributed by atoms with van der Waals surface area (Å²) in [6, 6.07) is 7.34. The molecule has 8 nitrogen and oxygen atoms in total. The molecule has 9 heteroatoms. The zero-order valence-electron chi connectivity index (χ0n) is 17.0. The van der Waals surface area contributed by atoms with E-state index >= 15 is 0 Å². The van der Waals surface area contributed by atoms with Gasteiger partial charge in [-0.15, -0.1) is 0 Å². The number of carbonyl (C=O) groups is 3. The first-order valence-corrected chi connectivity index (χ1v) is 10.4. The molecule has 2 amide bonds. The van der Waals surface area contributed by atoms with E-state index in [9.17, 15) is 18.6 Å². The summed E-state index contributed by atoms with van der Waals surface area (Å²) in [5, 5.41) is 1.68. The average Bonchev–Trinajstić information content (AvgIpc) is 2.76. The topological polar surface area (TPSA) is 102 Å². The Kier molecular flexibility index (Phi) is 6.21. The smallest absolute Gasteiger partial charge is 0.355 e. The van der Waals surface area contributed by atoms with Crippen LogP contribution in [0.5, 0.6) is 0 Å². The van der Waals surface area contributed by atoms with Crippen LogP contribution in [0.4, 0.5) is 0 Å². The van der Waals surface area contributed by atoms with Crippen LogP contribution in [-0.2, 0) is 29.9 Å². The van der Waals surface area contributed by atoms with Crippen LogP contribution < -0.4 is 5.32 Å². The molecule has 1 N–H and O–H groups in total. The summed E-state index contributed by atoms with van der Waals surface area (Å²) in [7, 11) is 0.869. The minimum atomic E-state index is -1.76. The van der Waals surface area contributed by atoms with Crippen LogP contribution in [0.15, 0.2) is 64.4 Å². The number of methoxy groups -OCH3 is 2. The number of esters is 1. The van der Waals surface area contributed by atoms with Crippen molar-refractivity contribution in [1.82, 2.24) is 10.2 Å². The van der Waals surface area contributed by atoms with Gasteiger partial charge in [0.15, 0.2) is 0 Å². The molecule has 0 radical (unpaired) electrons. The number of nitrogens with one attached hydrogen (secondary N) is 1. The van der Waals surface area contributed by atoms with E-state index in [0.717, 1.165) is 4.90 Å². The maximum atomic E-state index is 13.4. The highest BCUT2D eigenvalue weighted by Gasteiger charge is 2.58. The normalized spacial score (nSPS) is 24.9. The van der Waals surface area contributed by atoms with E-state index in [1.165, 1.54) is 14.2 Å². The van der Waals surface area contributed by atoms with Gasteiger partial charge >= 0.3 is 5.97 Å². The molecule has 2 heterocycles. The number of β-lactam (4-membered cyclic amide) rings is 1. The molecule has 0 aromatic heterocycles. The largest absolute Gasteiger partial charge is 0.495 e. The Morgan fingerprint density at radius 2 is 1.83 bits per heavy atom. The number of fused-ring (bicyclic) bond motifs is 1. The zero-order valence-corrected chi connectivity index (χ0v) is 17.8.